The van der Waals surface area contributed by atoms with Gasteiger partial charge in [-0.05, 0) is 80.3 Å². The van der Waals surface area contributed by atoms with Gasteiger partial charge in [-0.15, -0.1) is 5.10 Å². The Morgan fingerprint density at radius 1 is 0.714 bits per heavy atom. The van der Waals surface area contributed by atoms with E-state index in [0.717, 1.165) is 54.2 Å². The highest BCUT2D eigenvalue weighted by atomic mass is 16.3. The van der Waals surface area contributed by atoms with Gasteiger partial charge >= 0.3 is 0 Å². The van der Waals surface area contributed by atoms with Crippen LogP contribution in [0.15, 0.2) is 83.5 Å². The summed E-state index contributed by atoms with van der Waals surface area (Å²) in [6, 6.07) is 24.8. The van der Waals surface area contributed by atoms with Crippen molar-refractivity contribution in [3.05, 3.63) is 95.1 Å². The lowest BCUT2D eigenvalue weighted by Crippen LogP contribution is -2.58. The monoisotopic (exact) mass is 467 g/mol. The molecule has 0 radical (unpaired) electrons. The van der Waals surface area contributed by atoms with Gasteiger partial charge < -0.3 is 14.9 Å². The van der Waals surface area contributed by atoms with Crippen molar-refractivity contribution in [3.8, 4) is 5.75 Å². The molecule has 0 unspecified atom stereocenters. The fourth-order valence-electron chi connectivity index (χ4n) is 4.69. The van der Waals surface area contributed by atoms with Crippen LogP contribution in [0.3, 0.4) is 0 Å². The third kappa shape index (κ3) is 4.99. The SMILES string of the molecule is CCN(CC)c1ccc(C(=C2C=[NH+]N=C2c2ccccc2O)c2ccc(N(CC)CC)cc2)cc1. The molecule has 1 heterocycles. The number of phenols is 1. The maximum atomic E-state index is 10.6. The van der Waals surface area contributed by atoms with E-state index in [0.29, 0.717) is 5.56 Å². The van der Waals surface area contributed by atoms with E-state index in [2.05, 4.69) is 96.2 Å². The largest absolute Gasteiger partial charge is 0.507 e. The number of phenolic OH excluding ortho intramolecular Hbond substituents is 1. The zero-order valence-corrected chi connectivity index (χ0v) is 21.1. The first-order chi connectivity index (χ1) is 17.1. The summed E-state index contributed by atoms with van der Waals surface area (Å²) in [4.78, 5) is 4.68. The van der Waals surface area contributed by atoms with Gasteiger partial charge in [-0.2, -0.15) is 0 Å². The number of aromatic hydroxyl groups is 1. The molecule has 0 fully saturated rings. The number of hydrogen-bond donors (Lipinski definition) is 2. The summed E-state index contributed by atoms with van der Waals surface area (Å²) >= 11 is 0. The highest BCUT2D eigenvalue weighted by molar-refractivity contribution is 6.30. The molecule has 0 spiro atoms. The number of hydrazone groups is 1. The molecule has 0 saturated carbocycles. The number of nitrogens with zero attached hydrogens (tertiary/aromatic N) is 3. The number of hydrogen-bond acceptors (Lipinski definition) is 4. The summed E-state index contributed by atoms with van der Waals surface area (Å²) in [5.74, 6) is 0.217. The molecular weight excluding hydrogens is 432 g/mol. The molecule has 5 nitrogen and oxygen atoms in total. The number of para-hydroxylation sites is 1. The summed E-state index contributed by atoms with van der Waals surface area (Å²) in [5.41, 5.74) is 8.11. The summed E-state index contributed by atoms with van der Waals surface area (Å²) in [7, 11) is 0. The Bertz CT molecular complexity index is 1170. The number of rotatable bonds is 9. The van der Waals surface area contributed by atoms with Crippen LogP contribution in [0.5, 0.6) is 5.75 Å². The van der Waals surface area contributed by atoms with Gasteiger partial charge in [-0.1, -0.05) is 36.4 Å². The van der Waals surface area contributed by atoms with Gasteiger partial charge in [0.2, 0.25) is 6.21 Å². The second-order valence-electron chi connectivity index (χ2n) is 8.48. The normalized spacial score (nSPS) is 12.6. The Balaban J connectivity index is 1.86. The second-order valence-corrected chi connectivity index (χ2v) is 8.48. The molecule has 0 atom stereocenters. The van der Waals surface area contributed by atoms with Gasteiger partial charge in [0.05, 0.1) is 5.57 Å². The van der Waals surface area contributed by atoms with E-state index in [4.69, 9.17) is 0 Å². The molecule has 0 aromatic heterocycles. The maximum absolute atomic E-state index is 10.6. The van der Waals surface area contributed by atoms with Gasteiger partial charge in [0.1, 0.15) is 5.75 Å². The van der Waals surface area contributed by atoms with Crippen molar-refractivity contribution in [1.29, 1.82) is 0 Å². The predicted molar refractivity (Wildman–Crippen MR) is 148 cm³/mol. The molecular formula is C30H35N4O+. The topological polar surface area (TPSA) is 53.0 Å². The first-order valence-electron chi connectivity index (χ1n) is 12.5. The average Bonchev–Trinajstić information content (AvgIpc) is 3.37. The molecule has 3 aromatic carbocycles. The summed E-state index contributed by atoms with van der Waals surface area (Å²) in [6.45, 7) is 12.6. The van der Waals surface area contributed by atoms with Gasteiger partial charge in [-0.25, -0.2) is 0 Å². The maximum Gasteiger partial charge on any atom is 0.203 e. The van der Waals surface area contributed by atoms with Crippen molar-refractivity contribution in [2.45, 2.75) is 27.7 Å². The minimum absolute atomic E-state index is 0.217. The molecule has 3 aromatic rings. The van der Waals surface area contributed by atoms with Crippen molar-refractivity contribution in [2.75, 3.05) is 36.0 Å². The minimum atomic E-state index is 0.217. The molecule has 2 N–H and O–H groups in total. The number of anilines is 2. The van der Waals surface area contributed by atoms with Crippen LogP contribution in [0.4, 0.5) is 11.4 Å². The minimum Gasteiger partial charge on any atom is -0.507 e. The molecule has 4 rings (SSSR count). The molecule has 0 amide bonds. The van der Waals surface area contributed by atoms with Crippen LogP contribution in [-0.4, -0.2) is 43.2 Å². The molecule has 180 valence electrons. The fourth-order valence-corrected chi connectivity index (χ4v) is 4.69. The predicted octanol–water partition coefficient (Wildman–Crippen LogP) is 4.46. The number of allylic oxidation sites excluding steroid dienone is 1. The summed E-state index contributed by atoms with van der Waals surface area (Å²) in [5, 5.41) is 18.1. The van der Waals surface area contributed by atoms with Crippen LogP contribution in [0.2, 0.25) is 0 Å². The Labute approximate surface area is 208 Å². The van der Waals surface area contributed by atoms with Crippen molar-refractivity contribution in [3.63, 3.8) is 0 Å². The second kappa shape index (κ2) is 11.0. The third-order valence-corrected chi connectivity index (χ3v) is 6.64. The molecule has 0 saturated heterocycles. The van der Waals surface area contributed by atoms with E-state index < -0.39 is 0 Å². The summed E-state index contributed by atoms with van der Waals surface area (Å²) in [6.07, 6.45) is 1.92. The first-order valence-corrected chi connectivity index (χ1v) is 12.5. The van der Waals surface area contributed by atoms with Crippen molar-refractivity contribution in [2.24, 2.45) is 5.10 Å². The zero-order valence-electron chi connectivity index (χ0n) is 21.1. The van der Waals surface area contributed by atoms with Gasteiger partial charge in [0, 0.05) is 48.7 Å². The lowest BCUT2D eigenvalue weighted by atomic mass is 9.89. The fraction of sp³-hybridized carbons (Fsp3) is 0.267. The van der Waals surface area contributed by atoms with Crippen LogP contribution in [0.25, 0.3) is 5.57 Å². The quantitative estimate of drug-likeness (QED) is 0.489. The van der Waals surface area contributed by atoms with E-state index in [-0.39, 0.29) is 5.75 Å². The highest BCUT2D eigenvalue weighted by Crippen LogP contribution is 2.32. The van der Waals surface area contributed by atoms with E-state index in [1.807, 2.05) is 24.4 Å². The molecule has 5 heteroatoms. The van der Waals surface area contributed by atoms with Crippen molar-refractivity contribution in [1.82, 2.24) is 0 Å². The Hall–Kier alpha value is -3.86. The molecule has 1 aliphatic rings. The molecule has 1 aliphatic heterocycles. The number of nitrogens with one attached hydrogen (secondary N) is 1. The van der Waals surface area contributed by atoms with E-state index in [1.54, 1.807) is 6.07 Å². The molecule has 35 heavy (non-hydrogen) atoms. The molecule has 0 bridgehead atoms. The van der Waals surface area contributed by atoms with Gasteiger partial charge in [-0.3, -0.25) is 0 Å². The average molecular weight is 468 g/mol. The van der Waals surface area contributed by atoms with Crippen molar-refractivity contribution < 1.29 is 10.2 Å². The van der Waals surface area contributed by atoms with Crippen LogP contribution in [-0.2, 0) is 0 Å². The van der Waals surface area contributed by atoms with E-state index in [1.165, 1.54) is 11.4 Å². The lowest BCUT2D eigenvalue weighted by molar-refractivity contribution is -0.452. The summed E-state index contributed by atoms with van der Waals surface area (Å²) < 4.78 is 0. The van der Waals surface area contributed by atoms with Crippen molar-refractivity contribution >= 4 is 28.9 Å². The van der Waals surface area contributed by atoms with Crippen LogP contribution < -0.4 is 14.9 Å². The van der Waals surface area contributed by atoms with Crippen LogP contribution >= 0.6 is 0 Å². The Kier molecular flexibility index (Phi) is 7.66. The van der Waals surface area contributed by atoms with E-state index >= 15 is 0 Å². The Morgan fingerprint density at radius 2 is 1.20 bits per heavy atom. The van der Waals surface area contributed by atoms with E-state index in [9.17, 15) is 5.11 Å². The third-order valence-electron chi connectivity index (χ3n) is 6.64. The number of benzene rings is 3. The lowest BCUT2D eigenvalue weighted by Gasteiger charge is -2.22. The standard InChI is InChI=1S/C30H34N4O/c1-5-33(6-2)24-17-13-22(14-18-24)29(23-15-19-25(20-16-23)34(7-3)8-4)27-21-31-32-30(27)26-11-9-10-12-28(26)35/h9-21,35H,5-8H2,1-4H3/p+1. The van der Waals surface area contributed by atoms with Gasteiger partial charge in [0.25, 0.3) is 0 Å². The Morgan fingerprint density at radius 3 is 1.66 bits per heavy atom. The first kappa shape index (κ1) is 24.3. The highest BCUT2D eigenvalue weighted by Gasteiger charge is 2.26. The van der Waals surface area contributed by atoms with Gasteiger partial charge in [0.15, 0.2) is 5.71 Å². The molecule has 0 aliphatic carbocycles. The van der Waals surface area contributed by atoms with Crippen LogP contribution in [0.1, 0.15) is 44.4 Å². The zero-order chi connectivity index (χ0) is 24.8. The van der Waals surface area contributed by atoms with Crippen LogP contribution in [0, 0.1) is 0 Å². The smallest absolute Gasteiger partial charge is 0.203 e.